The lowest BCUT2D eigenvalue weighted by atomic mass is 10.2. The van der Waals surface area contributed by atoms with E-state index < -0.39 is 0 Å². The average molecular weight is 515 g/mol. The standard InChI is InChI=1S/C20H23F2N5O.HI/c1-23-20(24-14-19(28)25-17-6-2-15(21)3-7-17)27-12-10-26(11-13-27)18-8-4-16(22)5-9-18;/h2-9H,10-14H2,1H3,(H,23,24)(H,25,28);1H. The number of hydrogen-bond acceptors (Lipinski definition) is 3. The van der Waals surface area contributed by atoms with Gasteiger partial charge in [-0.05, 0) is 48.5 Å². The Bertz CT molecular complexity index is 822. The quantitative estimate of drug-likeness (QED) is 0.374. The lowest BCUT2D eigenvalue weighted by Crippen LogP contribution is -2.53. The van der Waals surface area contributed by atoms with E-state index in [1.54, 1.807) is 19.2 Å². The van der Waals surface area contributed by atoms with Gasteiger partial charge in [0.2, 0.25) is 5.91 Å². The molecular weight excluding hydrogens is 491 g/mol. The van der Waals surface area contributed by atoms with Gasteiger partial charge in [-0.2, -0.15) is 0 Å². The zero-order valence-electron chi connectivity index (χ0n) is 16.1. The van der Waals surface area contributed by atoms with Gasteiger partial charge in [-0.1, -0.05) is 0 Å². The van der Waals surface area contributed by atoms with Gasteiger partial charge in [-0.3, -0.25) is 9.79 Å². The number of rotatable bonds is 4. The predicted octanol–water partition coefficient (Wildman–Crippen LogP) is 2.92. The first-order valence-corrected chi connectivity index (χ1v) is 9.06. The first-order valence-electron chi connectivity index (χ1n) is 9.06. The Kier molecular flexibility index (Phi) is 8.62. The van der Waals surface area contributed by atoms with Crippen LogP contribution in [0.15, 0.2) is 53.5 Å². The maximum atomic E-state index is 13.1. The van der Waals surface area contributed by atoms with Gasteiger partial charge in [0.25, 0.3) is 0 Å². The summed E-state index contributed by atoms with van der Waals surface area (Å²) in [5.74, 6) is -0.187. The number of anilines is 2. The van der Waals surface area contributed by atoms with Crippen molar-refractivity contribution in [2.24, 2.45) is 4.99 Å². The van der Waals surface area contributed by atoms with Crippen LogP contribution in [-0.4, -0.2) is 56.5 Å². The molecule has 9 heteroatoms. The van der Waals surface area contributed by atoms with Crippen LogP contribution in [0.4, 0.5) is 20.2 Å². The van der Waals surface area contributed by atoms with Crippen molar-refractivity contribution in [3.63, 3.8) is 0 Å². The number of guanidine groups is 1. The monoisotopic (exact) mass is 515 g/mol. The van der Waals surface area contributed by atoms with Gasteiger partial charge < -0.3 is 20.4 Å². The zero-order chi connectivity index (χ0) is 19.9. The molecule has 0 radical (unpaired) electrons. The second-order valence-electron chi connectivity index (χ2n) is 6.41. The van der Waals surface area contributed by atoms with E-state index in [9.17, 15) is 13.6 Å². The second-order valence-corrected chi connectivity index (χ2v) is 6.41. The predicted molar refractivity (Wildman–Crippen MR) is 122 cm³/mol. The van der Waals surface area contributed by atoms with E-state index >= 15 is 0 Å². The number of piperazine rings is 1. The van der Waals surface area contributed by atoms with Crippen LogP contribution in [0.25, 0.3) is 0 Å². The molecule has 3 rings (SSSR count). The van der Waals surface area contributed by atoms with Gasteiger partial charge in [0.05, 0.1) is 6.54 Å². The highest BCUT2D eigenvalue weighted by molar-refractivity contribution is 14.0. The van der Waals surface area contributed by atoms with Crippen molar-refractivity contribution in [3.05, 3.63) is 60.2 Å². The first-order chi connectivity index (χ1) is 13.5. The van der Waals surface area contributed by atoms with E-state index in [1.165, 1.54) is 36.4 Å². The van der Waals surface area contributed by atoms with Crippen molar-refractivity contribution in [2.75, 3.05) is 50.0 Å². The molecule has 1 saturated heterocycles. The summed E-state index contributed by atoms with van der Waals surface area (Å²) < 4.78 is 26.0. The van der Waals surface area contributed by atoms with Gasteiger partial charge in [0.1, 0.15) is 11.6 Å². The minimum absolute atomic E-state index is 0. The topological polar surface area (TPSA) is 60.0 Å². The van der Waals surface area contributed by atoms with E-state index in [0.717, 1.165) is 31.9 Å². The van der Waals surface area contributed by atoms with Crippen LogP contribution in [0.2, 0.25) is 0 Å². The third kappa shape index (κ3) is 6.55. The summed E-state index contributed by atoms with van der Waals surface area (Å²) in [6, 6.07) is 12.1. The van der Waals surface area contributed by atoms with Crippen molar-refractivity contribution in [1.29, 1.82) is 0 Å². The molecule has 6 nitrogen and oxygen atoms in total. The molecule has 2 N–H and O–H groups in total. The highest BCUT2D eigenvalue weighted by Crippen LogP contribution is 2.17. The fourth-order valence-electron chi connectivity index (χ4n) is 3.06. The first kappa shape index (κ1) is 22.9. The number of hydrogen-bond donors (Lipinski definition) is 2. The summed E-state index contributed by atoms with van der Waals surface area (Å²) in [5, 5.41) is 5.76. The summed E-state index contributed by atoms with van der Waals surface area (Å²) in [6.07, 6.45) is 0. The van der Waals surface area contributed by atoms with Gasteiger partial charge in [-0.25, -0.2) is 8.78 Å². The minimum atomic E-state index is -0.351. The Hall–Kier alpha value is -2.43. The summed E-state index contributed by atoms with van der Waals surface area (Å²) >= 11 is 0. The molecule has 2 aromatic carbocycles. The number of carbonyl (C=O) groups is 1. The molecule has 1 fully saturated rings. The molecule has 0 saturated carbocycles. The number of nitrogens with zero attached hydrogens (tertiary/aromatic N) is 3. The van der Waals surface area contributed by atoms with E-state index in [-0.39, 0.29) is 48.1 Å². The van der Waals surface area contributed by atoms with Crippen LogP contribution in [-0.2, 0) is 4.79 Å². The molecule has 156 valence electrons. The van der Waals surface area contributed by atoms with Crippen molar-refractivity contribution >= 4 is 47.2 Å². The molecule has 2 aromatic rings. The van der Waals surface area contributed by atoms with Crippen molar-refractivity contribution in [1.82, 2.24) is 10.2 Å². The van der Waals surface area contributed by atoms with Crippen molar-refractivity contribution < 1.29 is 13.6 Å². The number of aliphatic imine (C=N–C) groups is 1. The van der Waals surface area contributed by atoms with Gasteiger partial charge >= 0.3 is 0 Å². The van der Waals surface area contributed by atoms with Crippen LogP contribution >= 0.6 is 24.0 Å². The lowest BCUT2D eigenvalue weighted by molar-refractivity contribution is -0.115. The normalized spacial score (nSPS) is 14.2. The number of benzene rings is 2. The lowest BCUT2D eigenvalue weighted by Gasteiger charge is -2.37. The van der Waals surface area contributed by atoms with E-state index in [4.69, 9.17) is 0 Å². The molecule has 0 unspecified atom stereocenters. The maximum Gasteiger partial charge on any atom is 0.243 e. The summed E-state index contributed by atoms with van der Waals surface area (Å²) in [4.78, 5) is 20.6. The number of amides is 1. The molecule has 0 atom stereocenters. The van der Waals surface area contributed by atoms with E-state index in [0.29, 0.717) is 11.6 Å². The molecule has 1 amide bonds. The smallest absolute Gasteiger partial charge is 0.243 e. The molecule has 1 aliphatic rings. The molecule has 0 bridgehead atoms. The molecule has 29 heavy (non-hydrogen) atoms. The van der Waals surface area contributed by atoms with Gasteiger partial charge in [0, 0.05) is 44.6 Å². The van der Waals surface area contributed by atoms with E-state index in [1.807, 2.05) is 0 Å². The van der Waals surface area contributed by atoms with Gasteiger partial charge in [0.15, 0.2) is 5.96 Å². The number of nitrogens with one attached hydrogen (secondary N) is 2. The third-order valence-electron chi connectivity index (χ3n) is 4.52. The molecule has 0 spiro atoms. The fraction of sp³-hybridized carbons (Fsp3) is 0.300. The number of carbonyl (C=O) groups excluding carboxylic acids is 1. The van der Waals surface area contributed by atoms with Crippen LogP contribution in [0.3, 0.4) is 0 Å². The summed E-state index contributed by atoms with van der Waals surface area (Å²) in [7, 11) is 1.67. The molecule has 1 aliphatic heterocycles. The van der Waals surface area contributed by atoms with Crippen LogP contribution < -0.4 is 15.5 Å². The maximum absolute atomic E-state index is 13.1. The molecule has 0 aromatic heterocycles. The number of halogens is 3. The molecule has 1 heterocycles. The summed E-state index contributed by atoms with van der Waals surface area (Å²) in [5.41, 5.74) is 1.53. The Balaban J connectivity index is 0.00000300. The Labute approximate surface area is 186 Å². The van der Waals surface area contributed by atoms with Gasteiger partial charge in [-0.15, -0.1) is 24.0 Å². The van der Waals surface area contributed by atoms with Crippen molar-refractivity contribution in [3.8, 4) is 0 Å². The summed E-state index contributed by atoms with van der Waals surface area (Å²) in [6.45, 7) is 3.07. The SMILES string of the molecule is CN=C(NCC(=O)Nc1ccc(F)cc1)N1CCN(c2ccc(F)cc2)CC1.I. The van der Waals surface area contributed by atoms with Crippen LogP contribution in [0.5, 0.6) is 0 Å². The second kappa shape index (κ2) is 10.9. The fourth-order valence-corrected chi connectivity index (χ4v) is 3.06. The highest BCUT2D eigenvalue weighted by atomic mass is 127. The Morgan fingerprint density at radius 3 is 2.07 bits per heavy atom. The van der Waals surface area contributed by atoms with Crippen LogP contribution in [0.1, 0.15) is 0 Å². The zero-order valence-corrected chi connectivity index (χ0v) is 18.4. The molecule has 0 aliphatic carbocycles. The van der Waals surface area contributed by atoms with Crippen molar-refractivity contribution in [2.45, 2.75) is 0 Å². The average Bonchev–Trinajstić information content (AvgIpc) is 2.71. The highest BCUT2D eigenvalue weighted by Gasteiger charge is 2.20. The Morgan fingerprint density at radius 2 is 1.52 bits per heavy atom. The molecular formula is C20H24F2IN5O. The minimum Gasteiger partial charge on any atom is -0.368 e. The third-order valence-corrected chi connectivity index (χ3v) is 4.52. The van der Waals surface area contributed by atoms with Crippen LogP contribution in [0, 0.1) is 11.6 Å². The largest absolute Gasteiger partial charge is 0.368 e. The van der Waals surface area contributed by atoms with E-state index in [2.05, 4.69) is 25.4 Å². The Morgan fingerprint density at radius 1 is 0.966 bits per heavy atom.